The van der Waals surface area contributed by atoms with Gasteiger partial charge in [-0.2, -0.15) is 0 Å². The summed E-state index contributed by atoms with van der Waals surface area (Å²) >= 11 is 1.74. The van der Waals surface area contributed by atoms with Crippen molar-refractivity contribution < 1.29 is 4.79 Å². The molecule has 0 unspecified atom stereocenters. The summed E-state index contributed by atoms with van der Waals surface area (Å²) in [5.41, 5.74) is 5.26. The number of aromatic nitrogens is 2. The van der Waals surface area contributed by atoms with Gasteiger partial charge in [0.25, 0.3) is 5.91 Å². The molecule has 0 spiro atoms. The molecule has 5 rings (SSSR count). The number of hydrogen-bond donors (Lipinski definition) is 2. The van der Waals surface area contributed by atoms with Gasteiger partial charge in [0.2, 0.25) is 0 Å². The Labute approximate surface area is 216 Å². The lowest BCUT2D eigenvalue weighted by Crippen LogP contribution is -2.42. The van der Waals surface area contributed by atoms with Gasteiger partial charge in [0.15, 0.2) is 0 Å². The SMILES string of the molecule is O=C(NCc1cccnc1)c1ccc(N2CCC(NCc3csc(Cc4ccccc4)n3)CC2)cc1. The van der Waals surface area contributed by atoms with Crippen LogP contribution in [-0.4, -0.2) is 35.0 Å². The van der Waals surface area contributed by atoms with Crippen molar-refractivity contribution in [2.24, 2.45) is 0 Å². The molecule has 2 aromatic heterocycles. The van der Waals surface area contributed by atoms with Crippen molar-refractivity contribution in [3.05, 3.63) is 112 Å². The predicted molar refractivity (Wildman–Crippen MR) is 145 cm³/mol. The fourth-order valence-corrected chi connectivity index (χ4v) is 5.31. The number of nitrogens with zero attached hydrogens (tertiary/aromatic N) is 3. The normalized spacial score (nSPS) is 14.1. The quantitative estimate of drug-likeness (QED) is 0.347. The molecule has 4 aromatic rings. The summed E-state index contributed by atoms with van der Waals surface area (Å²) in [7, 11) is 0. The highest BCUT2D eigenvalue weighted by Gasteiger charge is 2.19. The minimum Gasteiger partial charge on any atom is -0.371 e. The molecular weight excluding hydrogens is 466 g/mol. The van der Waals surface area contributed by atoms with Crippen molar-refractivity contribution in [2.45, 2.75) is 38.4 Å². The fraction of sp³-hybridized carbons (Fsp3) is 0.276. The molecule has 36 heavy (non-hydrogen) atoms. The van der Waals surface area contributed by atoms with E-state index in [0.29, 0.717) is 18.2 Å². The number of thiazole rings is 1. The molecule has 6 nitrogen and oxygen atoms in total. The van der Waals surface area contributed by atoms with Gasteiger partial charge in [-0.15, -0.1) is 11.3 Å². The number of benzene rings is 2. The number of carbonyl (C=O) groups excluding carboxylic acids is 1. The van der Waals surface area contributed by atoms with Crippen molar-refractivity contribution in [3.8, 4) is 0 Å². The van der Waals surface area contributed by atoms with E-state index >= 15 is 0 Å². The van der Waals surface area contributed by atoms with E-state index in [1.807, 2.05) is 30.3 Å². The molecule has 0 aliphatic carbocycles. The van der Waals surface area contributed by atoms with E-state index < -0.39 is 0 Å². The number of carbonyl (C=O) groups is 1. The average molecular weight is 498 g/mol. The number of piperidine rings is 1. The monoisotopic (exact) mass is 497 g/mol. The maximum absolute atomic E-state index is 12.5. The Morgan fingerprint density at radius 2 is 1.72 bits per heavy atom. The summed E-state index contributed by atoms with van der Waals surface area (Å²) in [6, 6.07) is 22.8. The van der Waals surface area contributed by atoms with E-state index in [4.69, 9.17) is 4.98 Å². The predicted octanol–water partition coefficient (Wildman–Crippen LogP) is 4.82. The van der Waals surface area contributed by atoms with Crippen LogP contribution in [0.2, 0.25) is 0 Å². The van der Waals surface area contributed by atoms with Crippen LogP contribution in [0.15, 0.2) is 84.5 Å². The van der Waals surface area contributed by atoms with Gasteiger partial charge in [-0.05, 0) is 54.3 Å². The van der Waals surface area contributed by atoms with E-state index in [-0.39, 0.29) is 5.91 Å². The first-order chi connectivity index (χ1) is 17.7. The highest BCUT2D eigenvalue weighted by Crippen LogP contribution is 2.21. The van der Waals surface area contributed by atoms with Crippen LogP contribution in [0, 0.1) is 0 Å². The number of hydrogen-bond acceptors (Lipinski definition) is 6. The Morgan fingerprint density at radius 3 is 2.47 bits per heavy atom. The van der Waals surface area contributed by atoms with E-state index in [9.17, 15) is 4.79 Å². The number of anilines is 1. The molecule has 0 radical (unpaired) electrons. The van der Waals surface area contributed by atoms with Gasteiger partial charge < -0.3 is 15.5 Å². The van der Waals surface area contributed by atoms with Crippen LogP contribution in [0.25, 0.3) is 0 Å². The van der Waals surface area contributed by atoms with Crippen LogP contribution in [0.3, 0.4) is 0 Å². The lowest BCUT2D eigenvalue weighted by Gasteiger charge is -2.34. The van der Waals surface area contributed by atoms with E-state index in [1.165, 1.54) is 16.3 Å². The first-order valence-corrected chi connectivity index (χ1v) is 13.3. The molecule has 1 amide bonds. The lowest BCUT2D eigenvalue weighted by atomic mass is 10.0. The van der Waals surface area contributed by atoms with Gasteiger partial charge in [-0.1, -0.05) is 36.4 Å². The molecule has 184 valence electrons. The second-order valence-electron chi connectivity index (χ2n) is 9.13. The third kappa shape index (κ3) is 6.56. The van der Waals surface area contributed by atoms with E-state index in [2.05, 4.69) is 62.3 Å². The number of rotatable bonds is 9. The Balaban J connectivity index is 1.05. The van der Waals surface area contributed by atoms with Crippen LogP contribution in [0.5, 0.6) is 0 Å². The van der Waals surface area contributed by atoms with Crippen molar-refractivity contribution in [2.75, 3.05) is 18.0 Å². The zero-order chi connectivity index (χ0) is 24.6. The molecule has 2 N–H and O–H groups in total. The van der Waals surface area contributed by atoms with Crippen LogP contribution in [0.4, 0.5) is 5.69 Å². The third-order valence-electron chi connectivity index (χ3n) is 6.53. The highest BCUT2D eigenvalue weighted by molar-refractivity contribution is 7.09. The van der Waals surface area contributed by atoms with Gasteiger partial charge >= 0.3 is 0 Å². The van der Waals surface area contributed by atoms with Crippen LogP contribution < -0.4 is 15.5 Å². The molecule has 1 aliphatic heterocycles. The molecule has 1 fully saturated rings. The van der Waals surface area contributed by atoms with Gasteiger partial charge in [0.05, 0.1) is 10.7 Å². The Bertz CT molecular complexity index is 1240. The molecule has 0 atom stereocenters. The van der Waals surface area contributed by atoms with Gasteiger partial charge in [-0.3, -0.25) is 9.78 Å². The van der Waals surface area contributed by atoms with Crippen molar-refractivity contribution in [1.29, 1.82) is 0 Å². The Morgan fingerprint density at radius 1 is 0.944 bits per heavy atom. The fourth-order valence-electron chi connectivity index (χ4n) is 4.48. The maximum atomic E-state index is 12.5. The van der Waals surface area contributed by atoms with Gasteiger partial charge in [-0.25, -0.2) is 4.98 Å². The van der Waals surface area contributed by atoms with E-state index in [0.717, 1.165) is 50.2 Å². The second kappa shape index (κ2) is 11.9. The summed E-state index contributed by atoms with van der Waals surface area (Å²) in [6.45, 7) is 3.30. The minimum absolute atomic E-state index is 0.0673. The Kier molecular flexibility index (Phi) is 8.00. The average Bonchev–Trinajstić information content (AvgIpc) is 3.39. The summed E-state index contributed by atoms with van der Waals surface area (Å²) in [4.78, 5) is 23.8. The lowest BCUT2D eigenvalue weighted by molar-refractivity contribution is 0.0951. The zero-order valence-corrected chi connectivity index (χ0v) is 21.1. The van der Waals surface area contributed by atoms with Crippen LogP contribution in [-0.2, 0) is 19.5 Å². The topological polar surface area (TPSA) is 70.2 Å². The number of pyridine rings is 1. The maximum Gasteiger partial charge on any atom is 0.251 e. The zero-order valence-electron chi connectivity index (χ0n) is 20.3. The first kappa shape index (κ1) is 24.2. The largest absolute Gasteiger partial charge is 0.371 e. The molecule has 3 heterocycles. The minimum atomic E-state index is -0.0673. The molecule has 1 saturated heterocycles. The second-order valence-corrected chi connectivity index (χ2v) is 10.1. The molecule has 0 saturated carbocycles. The van der Waals surface area contributed by atoms with Crippen molar-refractivity contribution >= 4 is 22.9 Å². The smallest absolute Gasteiger partial charge is 0.251 e. The molecule has 0 bridgehead atoms. The molecule has 2 aromatic carbocycles. The third-order valence-corrected chi connectivity index (χ3v) is 7.43. The van der Waals surface area contributed by atoms with Crippen LogP contribution >= 0.6 is 11.3 Å². The standard InChI is InChI=1S/C29H31N5OS/c35-29(32-19-23-7-4-14-30-18-23)24-8-10-27(11-9-24)34-15-12-25(13-16-34)31-20-26-21-36-28(33-26)17-22-5-2-1-3-6-22/h1-11,14,18,21,25,31H,12-13,15-17,19-20H2,(H,32,35). The number of amides is 1. The first-order valence-electron chi connectivity index (χ1n) is 12.5. The number of nitrogens with one attached hydrogen (secondary N) is 2. The van der Waals surface area contributed by atoms with Gasteiger partial charge in [0.1, 0.15) is 0 Å². The van der Waals surface area contributed by atoms with Crippen molar-refractivity contribution in [1.82, 2.24) is 20.6 Å². The summed E-state index contributed by atoms with van der Waals surface area (Å²) in [6.07, 6.45) is 6.58. The van der Waals surface area contributed by atoms with Gasteiger partial charge in [0, 0.05) is 67.7 Å². The summed E-state index contributed by atoms with van der Waals surface area (Å²) in [5, 5.41) is 10.00. The molecule has 1 aliphatic rings. The van der Waals surface area contributed by atoms with E-state index in [1.54, 1.807) is 23.7 Å². The van der Waals surface area contributed by atoms with Crippen molar-refractivity contribution in [3.63, 3.8) is 0 Å². The Hall–Kier alpha value is -3.55. The van der Waals surface area contributed by atoms with Crippen LogP contribution in [0.1, 0.15) is 45.0 Å². The summed E-state index contributed by atoms with van der Waals surface area (Å²) < 4.78 is 0. The molecule has 7 heteroatoms. The molecular formula is C29H31N5OS. The highest BCUT2D eigenvalue weighted by atomic mass is 32.1. The summed E-state index contributed by atoms with van der Waals surface area (Å²) in [5.74, 6) is -0.0673.